The highest BCUT2D eigenvalue weighted by Crippen LogP contribution is 2.33. The van der Waals surface area contributed by atoms with Crippen LogP contribution in [0.2, 0.25) is 0 Å². The Morgan fingerprint density at radius 1 is 1.19 bits per heavy atom. The minimum Gasteiger partial charge on any atom is -0.381 e. The third-order valence-corrected chi connectivity index (χ3v) is 3.50. The summed E-state index contributed by atoms with van der Waals surface area (Å²) in [5, 5.41) is 0. The number of ether oxygens (including phenoxy) is 1. The van der Waals surface area contributed by atoms with Crippen LogP contribution < -0.4 is 5.73 Å². The number of halogens is 1. The lowest BCUT2D eigenvalue weighted by Crippen LogP contribution is -2.40. The summed E-state index contributed by atoms with van der Waals surface area (Å²) in [5.74, 6) is 0. The Morgan fingerprint density at radius 2 is 1.75 bits per heavy atom. The molecule has 0 unspecified atom stereocenters. The van der Waals surface area contributed by atoms with Crippen molar-refractivity contribution in [3.63, 3.8) is 0 Å². The molecule has 0 aromatic heterocycles. The van der Waals surface area contributed by atoms with Gasteiger partial charge < -0.3 is 10.5 Å². The maximum absolute atomic E-state index is 5.95. The van der Waals surface area contributed by atoms with Gasteiger partial charge in [0, 0.05) is 25.2 Å². The molecule has 1 aliphatic heterocycles. The quantitative estimate of drug-likeness (QED) is 0.863. The molecule has 0 saturated carbocycles. The molecule has 2 nitrogen and oxygen atoms in total. The van der Waals surface area contributed by atoms with E-state index in [2.05, 4.69) is 31.2 Å². The van der Waals surface area contributed by atoms with E-state index in [1.165, 1.54) is 11.1 Å². The van der Waals surface area contributed by atoms with E-state index >= 15 is 0 Å². The summed E-state index contributed by atoms with van der Waals surface area (Å²) in [7, 11) is 0. The number of benzene rings is 1. The third-order valence-electron chi connectivity index (χ3n) is 3.50. The lowest BCUT2D eigenvalue weighted by molar-refractivity contribution is 0.0529. The van der Waals surface area contributed by atoms with Crippen LogP contribution in [0.1, 0.15) is 24.0 Å². The van der Waals surface area contributed by atoms with Crippen LogP contribution in [0.5, 0.6) is 0 Å². The molecule has 0 aliphatic carbocycles. The zero-order chi connectivity index (χ0) is 10.7. The van der Waals surface area contributed by atoms with Crippen molar-refractivity contribution in [2.24, 2.45) is 5.73 Å². The monoisotopic (exact) mass is 241 g/mol. The van der Waals surface area contributed by atoms with Gasteiger partial charge in [0.1, 0.15) is 0 Å². The van der Waals surface area contributed by atoms with Gasteiger partial charge in [-0.05, 0) is 25.3 Å². The average molecular weight is 242 g/mol. The zero-order valence-corrected chi connectivity index (χ0v) is 10.6. The van der Waals surface area contributed by atoms with Crippen LogP contribution in [0.15, 0.2) is 24.3 Å². The number of nitrogens with two attached hydrogens (primary N) is 1. The Kier molecular flexibility index (Phi) is 4.78. The Balaban J connectivity index is 0.00000128. The third kappa shape index (κ3) is 2.57. The van der Waals surface area contributed by atoms with Crippen LogP contribution in [0.25, 0.3) is 0 Å². The van der Waals surface area contributed by atoms with Crippen molar-refractivity contribution < 1.29 is 4.74 Å². The predicted octanol–water partition coefficient (Wildman–Crippen LogP) is 2.42. The summed E-state index contributed by atoms with van der Waals surface area (Å²) in [5.41, 5.74) is 8.79. The second kappa shape index (κ2) is 5.67. The minimum absolute atomic E-state index is 0. The summed E-state index contributed by atoms with van der Waals surface area (Å²) in [6, 6.07) is 8.77. The first kappa shape index (κ1) is 13.5. The van der Waals surface area contributed by atoms with E-state index in [0.29, 0.717) is 0 Å². The van der Waals surface area contributed by atoms with Gasteiger partial charge >= 0.3 is 0 Å². The summed E-state index contributed by atoms with van der Waals surface area (Å²) >= 11 is 0. The Hall–Kier alpha value is -0.570. The average Bonchev–Trinajstić information content (AvgIpc) is 2.31. The van der Waals surface area contributed by atoms with Crippen molar-refractivity contribution in [1.82, 2.24) is 0 Å². The molecule has 0 spiro atoms. The molecule has 0 radical (unpaired) electrons. The topological polar surface area (TPSA) is 35.2 Å². The molecule has 0 bridgehead atoms. The molecule has 1 aliphatic rings. The molecule has 1 aromatic rings. The van der Waals surface area contributed by atoms with Crippen LogP contribution >= 0.6 is 12.4 Å². The maximum atomic E-state index is 5.95. The van der Waals surface area contributed by atoms with Crippen LogP contribution in [0.4, 0.5) is 0 Å². The van der Waals surface area contributed by atoms with Gasteiger partial charge in [0.15, 0.2) is 0 Å². The van der Waals surface area contributed by atoms with E-state index < -0.39 is 0 Å². The van der Waals surface area contributed by atoms with Gasteiger partial charge in [-0.1, -0.05) is 29.8 Å². The minimum atomic E-state index is 0. The molecule has 2 rings (SSSR count). The number of aryl methyl sites for hydroxylation is 1. The normalized spacial score (nSPS) is 18.9. The van der Waals surface area contributed by atoms with Crippen molar-refractivity contribution in [3.8, 4) is 0 Å². The fourth-order valence-corrected chi connectivity index (χ4v) is 2.28. The van der Waals surface area contributed by atoms with Gasteiger partial charge in [-0.25, -0.2) is 0 Å². The fraction of sp³-hybridized carbons (Fsp3) is 0.538. The van der Waals surface area contributed by atoms with Gasteiger partial charge in [-0.2, -0.15) is 0 Å². The zero-order valence-electron chi connectivity index (χ0n) is 9.74. The Bertz CT molecular complexity index is 317. The molecule has 0 amide bonds. The first-order valence-corrected chi connectivity index (χ1v) is 5.62. The van der Waals surface area contributed by atoms with E-state index in [4.69, 9.17) is 10.5 Å². The smallest absolute Gasteiger partial charge is 0.0475 e. The fourth-order valence-electron chi connectivity index (χ4n) is 2.28. The van der Waals surface area contributed by atoms with Crippen LogP contribution in [0, 0.1) is 6.92 Å². The lowest BCUT2D eigenvalue weighted by Gasteiger charge is -2.36. The van der Waals surface area contributed by atoms with E-state index in [9.17, 15) is 0 Å². The van der Waals surface area contributed by atoms with Crippen LogP contribution in [-0.2, 0) is 10.2 Å². The molecule has 1 aromatic carbocycles. The van der Waals surface area contributed by atoms with Gasteiger partial charge in [-0.3, -0.25) is 0 Å². The van der Waals surface area contributed by atoms with Crippen LogP contribution in [0.3, 0.4) is 0 Å². The van der Waals surface area contributed by atoms with Crippen molar-refractivity contribution in [3.05, 3.63) is 35.4 Å². The van der Waals surface area contributed by atoms with Crippen molar-refractivity contribution in [1.29, 1.82) is 0 Å². The summed E-state index contributed by atoms with van der Waals surface area (Å²) in [4.78, 5) is 0. The molecular weight excluding hydrogens is 222 g/mol. The highest BCUT2D eigenvalue weighted by atomic mass is 35.5. The summed E-state index contributed by atoms with van der Waals surface area (Å²) < 4.78 is 5.42. The molecule has 90 valence electrons. The van der Waals surface area contributed by atoms with Gasteiger partial charge in [0.05, 0.1) is 0 Å². The SMILES string of the molecule is Cc1ccc(C2(CN)CCOCC2)cc1.Cl. The van der Waals surface area contributed by atoms with Crippen molar-refractivity contribution in [2.45, 2.75) is 25.2 Å². The predicted molar refractivity (Wildman–Crippen MR) is 69.2 cm³/mol. The molecule has 0 atom stereocenters. The van der Waals surface area contributed by atoms with E-state index in [1.807, 2.05) is 0 Å². The number of hydrogen-bond acceptors (Lipinski definition) is 2. The van der Waals surface area contributed by atoms with Gasteiger partial charge in [0.25, 0.3) is 0 Å². The van der Waals surface area contributed by atoms with E-state index in [0.717, 1.165) is 32.6 Å². The molecule has 1 saturated heterocycles. The molecule has 1 heterocycles. The largest absolute Gasteiger partial charge is 0.381 e. The van der Waals surface area contributed by atoms with Crippen LogP contribution in [-0.4, -0.2) is 19.8 Å². The second-order valence-corrected chi connectivity index (χ2v) is 4.46. The molecule has 2 N–H and O–H groups in total. The molecule has 1 fully saturated rings. The summed E-state index contributed by atoms with van der Waals surface area (Å²) in [6.07, 6.45) is 2.10. The number of rotatable bonds is 2. The molecule has 3 heteroatoms. The van der Waals surface area contributed by atoms with E-state index in [1.54, 1.807) is 0 Å². The first-order valence-electron chi connectivity index (χ1n) is 5.62. The highest BCUT2D eigenvalue weighted by Gasteiger charge is 2.32. The van der Waals surface area contributed by atoms with Crippen molar-refractivity contribution >= 4 is 12.4 Å². The second-order valence-electron chi connectivity index (χ2n) is 4.46. The number of hydrogen-bond donors (Lipinski definition) is 1. The molecular formula is C13H20ClNO. The first-order chi connectivity index (χ1) is 7.27. The highest BCUT2D eigenvalue weighted by molar-refractivity contribution is 5.85. The standard InChI is InChI=1S/C13H19NO.ClH/c1-11-2-4-12(5-3-11)13(10-14)6-8-15-9-7-13;/h2-5H,6-10,14H2,1H3;1H. The van der Waals surface area contributed by atoms with Crippen molar-refractivity contribution in [2.75, 3.05) is 19.8 Å². The maximum Gasteiger partial charge on any atom is 0.0475 e. The van der Waals surface area contributed by atoms with Gasteiger partial charge in [-0.15, -0.1) is 12.4 Å². The molecule has 16 heavy (non-hydrogen) atoms. The van der Waals surface area contributed by atoms with E-state index in [-0.39, 0.29) is 17.8 Å². The Morgan fingerprint density at radius 3 is 2.25 bits per heavy atom. The van der Waals surface area contributed by atoms with Gasteiger partial charge in [0.2, 0.25) is 0 Å². The lowest BCUT2D eigenvalue weighted by atomic mass is 9.74. The summed E-state index contributed by atoms with van der Waals surface area (Å²) in [6.45, 7) is 4.51. The Labute approximate surface area is 104 Å².